The molecule has 0 saturated heterocycles. The van der Waals surface area contributed by atoms with Gasteiger partial charge in [0.05, 0.1) is 6.07 Å². The van der Waals surface area contributed by atoms with E-state index in [0.29, 0.717) is 11.5 Å². The van der Waals surface area contributed by atoms with Gasteiger partial charge in [-0.25, -0.2) is 0 Å². The summed E-state index contributed by atoms with van der Waals surface area (Å²) in [6.07, 6.45) is 0. The summed E-state index contributed by atoms with van der Waals surface area (Å²) >= 11 is 0. The van der Waals surface area contributed by atoms with E-state index in [-0.39, 0.29) is 18.6 Å². The number of hydrogen-bond acceptors (Lipinski definition) is 4. The van der Waals surface area contributed by atoms with Crippen LogP contribution in [0.4, 0.5) is 0 Å². The molecule has 0 saturated carbocycles. The predicted molar refractivity (Wildman–Crippen MR) is 68.5 cm³/mol. The van der Waals surface area contributed by atoms with Crippen molar-refractivity contribution in [3.63, 3.8) is 0 Å². The van der Waals surface area contributed by atoms with Gasteiger partial charge in [0, 0.05) is 13.0 Å². The second kappa shape index (κ2) is 5.19. The van der Waals surface area contributed by atoms with Gasteiger partial charge in [0.1, 0.15) is 6.04 Å². The Morgan fingerprint density at radius 3 is 2.68 bits per heavy atom. The quantitative estimate of drug-likeness (QED) is 0.834. The number of carbonyl (C=O) groups is 1. The second-order valence-corrected chi connectivity index (χ2v) is 4.75. The summed E-state index contributed by atoms with van der Waals surface area (Å²) in [5.74, 6) is 1.07. The molecule has 1 aromatic carbocycles. The van der Waals surface area contributed by atoms with Crippen molar-refractivity contribution >= 4 is 5.91 Å². The number of ether oxygens (including phenoxy) is 2. The largest absolute Gasteiger partial charge is 0.454 e. The highest BCUT2D eigenvalue weighted by molar-refractivity contribution is 5.78. The standard InChI is InChI=1S/C14H16N2O3/c1-9(2)14(17)16(3)11(7-15)10-4-5-12-13(6-10)19-8-18-12/h4-6,9,11H,8H2,1-3H3. The lowest BCUT2D eigenvalue weighted by Crippen LogP contribution is -2.33. The number of carbonyl (C=O) groups excluding carboxylic acids is 1. The fraction of sp³-hybridized carbons (Fsp3) is 0.429. The lowest BCUT2D eigenvalue weighted by atomic mass is 10.0. The van der Waals surface area contributed by atoms with Gasteiger partial charge in [-0.3, -0.25) is 4.79 Å². The molecule has 0 spiro atoms. The summed E-state index contributed by atoms with van der Waals surface area (Å²) < 4.78 is 10.5. The molecule has 0 fully saturated rings. The smallest absolute Gasteiger partial charge is 0.231 e. The van der Waals surface area contributed by atoms with Gasteiger partial charge in [0.15, 0.2) is 11.5 Å². The SMILES string of the molecule is CC(C)C(=O)N(C)C(C#N)c1ccc2c(c1)OCO2. The van der Waals surface area contributed by atoms with E-state index in [2.05, 4.69) is 6.07 Å². The molecule has 100 valence electrons. The zero-order valence-electron chi connectivity index (χ0n) is 11.2. The van der Waals surface area contributed by atoms with E-state index in [1.807, 2.05) is 13.8 Å². The van der Waals surface area contributed by atoms with Crippen molar-refractivity contribution in [3.05, 3.63) is 23.8 Å². The van der Waals surface area contributed by atoms with Crippen molar-refractivity contribution in [2.75, 3.05) is 13.8 Å². The number of benzene rings is 1. The molecule has 19 heavy (non-hydrogen) atoms. The topological polar surface area (TPSA) is 62.6 Å². The lowest BCUT2D eigenvalue weighted by Gasteiger charge is -2.24. The number of amides is 1. The van der Waals surface area contributed by atoms with Crippen LogP contribution in [0.2, 0.25) is 0 Å². The molecule has 1 heterocycles. The maximum Gasteiger partial charge on any atom is 0.231 e. The van der Waals surface area contributed by atoms with Crippen LogP contribution in [-0.4, -0.2) is 24.6 Å². The van der Waals surface area contributed by atoms with Crippen molar-refractivity contribution in [1.29, 1.82) is 5.26 Å². The highest BCUT2D eigenvalue weighted by atomic mass is 16.7. The van der Waals surface area contributed by atoms with Crippen molar-refractivity contribution in [1.82, 2.24) is 4.90 Å². The van der Waals surface area contributed by atoms with Crippen LogP contribution >= 0.6 is 0 Å². The van der Waals surface area contributed by atoms with E-state index >= 15 is 0 Å². The number of rotatable bonds is 3. The molecule has 0 N–H and O–H groups in total. The van der Waals surface area contributed by atoms with Crippen LogP contribution in [0.5, 0.6) is 11.5 Å². The molecular weight excluding hydrogens is 244 g/mol. The minimum Gasteiger partial charge on any atom is -0.454 e. The summed E-state index contributed by atoms with van der Waals surface area (Å²) in [5.41, 5.74) is 0.725. The molecular formula is C14H16N2O3. The number of fused-ring (bicyclic) bond motifs is 1. The Labute approximate surface area is 112 Å². The van der Waals surface area contributed by atoms with E-state index in [9.17, 15) is 10.1 Å². The number of hydrogen-bond donors (Lipinski definition) is 0. The maximum absolute atomic E-state index is 12.0. The fourth-order valence-electron chi connectivity index (χ4n) is 2.00. The summed E-state index contributed by atoms with van der Waals surface area (Å²) in [6.45, 7) is 3.82. The Kier molecular flexibility index (Phi) is 3.61. The summed E-state index contributed by atoms with van der Waals surface area (Å²) in [4.78, 5) is 13.4. The Balaban J connectivity index is 2.28. The van der Waals surface area contributed by atoms with Crippen molar-refractivity contribution in [2.45, 2.75) is 19.9 Å². The van der Waals surface area contributed by atoms with E-state index in [1.165, 1.54) is 4.90 Å². The highest BCUT2D eigenvalue weighted by Gasteiger charge is 2.25. The molecule has 1 aliphatic heterocycles. The lowest BCUT2D eigenvalue weighted by molar-refractivity contribution is -0.134. The first-order valence-corrected chi connectivity index (χ1v) is 6.10. The van der Waals surface area contributed by atoms with Crippen LogP contribution in [0.25, 0.3) is 0 Å². The number of nitriles is 1. The van der Waals surface area contributed by atoms with Gasteiger partial charge in [-0.1, -0.05) is 19.9 Å². The first-order chi connectivity index (χ1) is 9.04. The number of nitrogens with zero attached hydrogens (tertiary/aromatic N) is 2. The van der Waals surface area contributed by atoms with E-state index < -0.39 is 6.04 Å². The first kappa shape index (κ1) is 13.2. The van der Waals surface area contributed by atoms with Gasteiger partial charge in [0.2, 0.25) is 12.7 Å². The maximum atomic E-state index is 12.0. The van der Waals surface area contributed by atoms with Gasteiger partial charge in [-0.2, -0.15) is 5.26 Å². The molecule has 1 atom stereocenters. The molecule has 2 rings (SSSR count). The van der Waals surface area contributed by atoms with Crippen molar-refractivity contribution in [3.8, 4) is 17.6 Å². The zero-order valence-corrected chi connectivity index (χ0v) is 11.2. The van der Waals surface area contributed by atoms with Gasteiger partial charge in [-0.15, -0.1) is 0 Å². The van der Waals surface area contributed by atoms with Crippen LogP contribution in [0, 0.1) is 17.2 Å². The average molecular weight is 260 g/mol. The van der Waals surface area contributed by atoms with Gasteiger partial charge < -0.3 is 14.4 Å². The summed E-state index contributed by atoms with van der Waals surface area (Å²) in [5, 5.41) is 9.31. The zero-order chi connectivity index (χ0) is 14.0. The molecule has 5 nitrogen and oxygen atoms in total. The van der Waals surface area contributed by atoms with Crippen LogP contribution in [-0.2, 0) is 4.79 Å². The van der Waals surface area contributed by atoms with Gasteiger partial charge >= 0.3 is 0 Å². The molecule has 1 aromatic rings. The highest BCUT2D eigenvalue weighted by Crippen LogP contribution is 2.35. The Bertz CT molecular complexity index is 534. The average Bonchev–Trinajstić information content (AvgIpc) is 2.85. The molecule has 1 amide bonds. The molecule has 1 unspecified atom stereocenters. The van der Waals surface area contributed by atoms with Crippen LogP contribution in [0.3, 0.4) is 0 Å². The summed E-state index contributed by atoms with van der Waals surface area (Å²) in [7, 11) is 1.64. The Hall–Kier alpha value is -2.22. The predicted octanol–water partition coefficient (Wildman–Crippen LogP) is 2.09. The molecule has 0 aromatic heterocycles. The summed E-state index contributed by atoms with van der Waals surface area (Å²) in [6, 6.07) is 6.83. The third-order valence-electron chi connectivity index (χ3n) is 3.06. The molecule has 0 bridgehead atoms. The normalized spacial score (nSPS) is 14.1. The van der Waals surface area contributed by atoms with E-state index in [4.69, 9.17) is 9.47 Å². The van der Waals surface area contributed by atoms with Crippen LogP contribution in [0.15, 0.2) is 18.2 Å². The second-order valence-electron chi connectivity index (χ2n) is 4.75. The molecule has 5 heteroatoms. The minimum atomic E-state index is -0.621. The Morgan fingerprint density at radius 1 is 1.37 bits per heavy atom. The Morgan fingerprint density at radius 2 is 2.05 bits per heavy atom. The first-order valence-electron chi connectivity index (χ1n) is 6.10. The minimum absolute atomic E-state index is 0.0655. The third-order valence-corrected chi connectivity index (χ3v) is 3.06. The fourth-order valence-corrected chi connectivity index (χ4v) is 2.00. The van der Waals surface area contributed by atoms with Gasteiger partial charge in [-0.05, 0) is 17.7 Å². The monoisotopic (exact) mass is 260 g/mol. The van der Waals surface area contributed by atoms with E-state index in [1.54, 1.807) is 25.2 Å². The van der Waals surface area contributed by atoms with Crippen molar-refractivity contribution < 1.29 is 14.3 Å². The van der Waals surface area contributed by atoms with Crippen molar-refractivity contribution in [2.24, 2.45) is 5.92 Å². The van der Waals surface area contributed by atoms with Crippen LogP contribution in [0.1, 0.15) is 25.5 Å². The molecule has 0 radical (unpaired) electrons. The van der Waals surface area contributed by atoms with E-state index in [0.717, 1.165) is 5.56 Å². The molecule has 0 aliphatic carbocycles. The van der Waals surface area contributed by atoms with Crippen LogP contribution < -0.4 is 9.47 Å². The molecule has 1 aliphatic rings. The third kappa shape index (κ3) is 2.48. The van der Waals surface area contributed by atoms with Gasteiger partial charge in [0.25, 0.3) is 0 Å².